The predicted octanol–water partition coefficient (Wildman–Crippen LogP) is 4.62. The molecule has 0 aliphatic carbocycles. The van der Waals surface area contributed by atoms with Gasteiger partial charge < -0.3 is 5.32 Å². The van der Waals surface area contributed by atoms with Gasteiger partial charge in [-0.15, -0.1) is 0 Å². The third kappa shape index (κ3) is 3.26. The van der Waals surface area contributed by atoms with Crippen molar-refractivity contribution < 1.29 is 17.6 Å². The Morgan fingerprint density at radius 2 is 1.53 bits per heavy atom. The maximum atomic E-state index is 13.4. The standard InChI is InChI=1S/C13H8BrF4N/c14-8-1-2-9(15)7(3-8)6-19-13-5-11(17)10(16)4-12(13)18/h1-5,19H,6H2. The van der Waals surface area contributed by atoms with E-state index in [1.807, 2.05) is 0 Å². The summed E-state index contributed by atoms with van der Waals surface area (Å²) in [4.78, 5) is 0. The van der Waals surface area contributed by atoms with E-state index < -0.39 is 23.3 Å². The fraction of sp³-hybridized carbons (Fsp3) is 0.0769. The number of anilines is 1. The Bertz CT molecular complexity index is 616. The second-order valence-electron chi connectivity index (χ2n) is 3.84. The molecule has 6 heteroatoms. The second-order valence-corrected chi connectivity index (χ2v) is 4.75. The molecule has 100 valence electrons. The molecule has 0 aromatic heterocycles. The molecule has 0 radical (unpaired) electrons. The quantitative estimate of drug-likeness (QED) is 0.638. The van der Waals surface area contributed by atoms with Crippen molar-refractivity contribution in [3.63, 3.8) is 0 Å². The van der Waals surface area contributed by atoms with Crippen LogP contribution in [-0.4, -0.2) is 0 Å². The van der Waals surface area contributed by atoms with E-state index >= 15 is 0 Å². The van der Waals surface area contributed by atoms with Crippen molar-refractivity contribution in [2.75, 3.05) is 5.32 Å². The van der Waals surface area contributed by atoms with Gasteiger partial charge in [0.1, 0.15) is 11.6 Å². The van der Waals surface area contributed by atoms with E-state index in [2.05, 4.69) is 21.2 Å². The number of nitrogens with one attached hydrogen (secondary N) is 1. The third-order valence-electron chi connectivity index (χ3n) is 2.49. The van der Waals surface area contributed by atoms with Crippen LogP contribution in [0.25, 0.3) is 0 Å². The molecule has 0 aliphatic rings. The minimum atomic E-state index is -1.27. The van der Waals surface area contributed by atoms with Gasteiger partial charge in [-0.1, -0.05) is 15.9 Å². The smallest absolute Gasteiger partial charge is 0.161 e. The Balaban J connectivity index is 2.19. The van der Waals surface area contributed by atoms with Crippen LogP contribution in [0.3, 0.4) is 0 Å². The lowest BCUT2D eigenvalue weighted by atomic mass is 10.2. The first kappa shape index (κ1) is 13.9. The highest BCUT2D eigenvalue weighted by atomic mass is 79.9. The molecule has 0 fully saturated rings. The number of hydrogen-bond acceptors (Lipinski definition) is 1. The first-order valence-electron chi connectivity index (χ1n) is 5.29. The first-order chi connectivity index (χ1) is 8.97. The van der Waals surface area contributed by atoms with Gasteiger partial charge in [-0.05, 0) is 18.2 Å². The molecule has 0 amide bonds. The maximum Gasteiger partial charge on any atom is 0.161 e. The summed E-state index contributed by atoms with van der Waals surface area (Å²) in [6, 6.07) is 5.43. The molecular weight excluding hydrogens is 326 g/mol. The molecule has 0 heterocycles. The number of rotatable bonds is 3. The van der Waals surface area contributed by atoms with E-state index in [-0.39, 0.29) is 17.8 Å². The van der Waals surface area contributed by atoms with E-state index in [4.69, 9.17) is 0 Å². The molecule has 2 rings (SSSR count). The van der Waals surface area contributed by atoms with E-state index in [9.17, 15) is 17.6 Å². The molecule has 2 aromatic rings. The molecule has 0 unspecified atom stereocenters. The van der Waals surface area contributed by atoms with Gasteiger partial charge in [0, 0.05) is 28.7 Å². The van der Waals surface area contributed by atoms with Crippen molar-refractivity contribution in [1.29, 1.82) is 0 Å². The summed E-state index contributed by atoms with van der Waals surface area (Å²) in [7, 11) is 0. The highest BCUT2D eigenvalue weighted by Gasteiger charge is 2.10. The van der Waals surface area contributed by atoms with E-state index in [1.54, 1.807) is 0 Å². The Morgan fingerprint density at radius 3 is 2.26 bits per heavy atom. The minimum absolute atomic E-state index is 0.0483. The zero-order valence-corrected chi connectivity index (χ0v) is 11.1. The van der Waals surface area contributed by atoms with Gasteiger partial charge in [0.15, 0.2) is 11.6 Å². The second kappa shape index (κ2) is 5.61. The first-order valence-corrected chi connectivity index (χ1v) is 6.09. The van der Waals surface area contributed by atoms with E-state index in [0.29, 0.717) is 16.6 Å². The van der Waals surface area contributed by atoms with Gasteiger partial charge in [-0.3, -0.25) is 0 Å². The highest BCUT2D eigenvalue weighted by Crippen LogP contribution is 2.21. The molecule has 0 bridgehead atoms. The molecule has 0 atom stereocenters. The van der Waals surface area contributed by atoms with E-state index in [1.165, 1.54) is 18.2 Å². The summed E-state index contributed by atoms with van der Waals surface area (Å²) in [5.41, 5.74) is 0.0526. The molecule has 0 spiro atoms. The lowest BCUT2D eigenvalue weighted by molar-refractivity contribution is 0.496. The zero-order chi connectivity index (χ0) is 14.0. The normalized spacial score (nSPS) is 10.6. The molecule has 1 N–H and O–H groups in total. The number of hydrogen-bond donors (Lipinski definition) is 1. The van der Waals surface area contributed by atoms with Gasteiger partial charge in [0.2, 0.25) is 0 Å². The van der Waals surface area contributed by atoms with Crippen LogP contribution in [0.1, 0.15) is 5.56 Å². The molecular formula is C13H8BrF4N. The minimum Gasteiger partial charge on any atom is -0.378 e. The largest absolute Gasteiger partial charge is 0.378 e. The van der Waals surface area contributed by atoms with Crippen molar-refractivity contribution >= 4 is 21.6 Å². The van der Waals surface area contributed by atoms with Gasteiger partial charge >= 0.3 is 0 Å². The summed E-state index contributed by atoms with van der Waals surface area (Å²) >= 11 is 3.18. The third-order valence-corrected chi connectivity index (χ3v) is 2.98. The fourth-order valence-electron chi connectivity index (χ4n) is 1.53. The zero-order valence-electron chi connectivity index (χ0n) is 9.48. The van der Waals surface area contributed by atoms with Gasteiger partial charge in [-0.2, -0.15) is 0 Å². The number of halogens is 5. The summed E-state index contributed by atoms with van der Waals surface area (Å²) in [6.07, 6.45) is 0. The summed E-state index contributed by atoms with van der Waals surface area (Å²) < 4.78 is 53.1. The van der Waals surface area contributed by atoms with Gasteiger partial charge in [0.25, 0.3) is 0 Å². The Morgan fingerprint density at radius 1 is 0.842 bits per heavy atom. The average molecular weight is 334 g/mol. The van der Waals surface area contributed by atoms with Gasteiger partial charge in [-0.25, -0.2) is 17.6 Å². The van der Waals surface area contributed by atoms with Crippen LogP contribution in [0.2, 0.25) is 0 Å². The van der Waals surface area contributed by atoms with Crippen LogP contribution in [0.4, 0.5) is 23.2 Å². The molecule has 19 heavy (non-hydrogen) atoms. The highest BCUT2D eigenvalue weighted by molar-refractivity contribution is 9.10. The molecule has 0 saturated carbocycles. The molecule has 0 aliphatic heterocycles. The summed E-state index contributed by atoms with van der Waals surface area (Å²) in [5, 5.41) is 2.52. The lowest BCUT2D eigenvalue weighted by Gasteiger charge is -2.09. The van der Waals surface area contributed by atoms with Crippen LogP contribution in [0.15, 0.2) is 34.8 Å². The van der Waals surface area contributed by atoms with Crippen LogP contribution in [-0.2, 0) is 6.54 Å². The molecule has 1 nitrogen and oxygen atoms in total. The monoisotopic (exact) mass is 333 g/mol. The van der Waals surface area contributed by atoms with Crippen molar-refractivity contribution in [1.82, 2.24) is 0 Å². The average Bonchev–Trinajstić information content (AvgIpc) is 2.36. The van der Waals surface area contributed by atoms with Crippen LogP contribution in [0.5, 0.6) is 0 Å². The fourth-order valence-corrected chi connectivity index (χ4v) is 1.94. The SMILES string of the molecule is Fc1cc(F)c(NCc2cc(Br)ccc2F)cc1F. The summed E-state index contributed by atoms with van der Waals surface area (Å²) in [5.74, 6) is -3.84. The maximum absolute atomic E-state index is 13.4. The Labute approximate surface area is 115 Å². The van der Waals surface area contributed by atoms with E-state index in [0.717, 1.165) is 0 Å². The topological polar surface area (TPSA) is 12.0 Å². The Hall–Kier alpha value is -1.56. The molecule has 0 saturated heterocycles. The van der Waals surface area contributed by atoms with Crippen molar-refractivity contribution in [2.45, 2.75) is 6.54 Å². The number of benzene rings is 2. The van der Waals surface area contributed by atoms with Crippen LogP contribution >= 0.6 is 15.9 Å². The van der Waals surface area contributed by atoms with Crippen LogP contribution < -0.4 is 5.32 Å². The summed E-state index contributed by atoms with van der Waals surface area (Å²) in [6.45, 7) is -0.0483. The Kier molecular flexibility index (Phi) is 4.09. The molecule has 2 aromatic carbocycles. The van der Waals surface area contributed by atoms with Gasteiger partial charge in [0.05, 0.1) is 5.69 Å². The predicted molar refractivity (Wildman–Crippen MR) is 67.7 cm³/mol. The lowest BCUT2D eigenvalue weighted by Crippen LogP contribution is -2.04. The van der Waals surface area contributed by atoms with Crippen LogP contribution in [0, 0.1) is 23.3 Å². The van der Waals surface area contributed by atoms with Crippen molar-refractivity contribution in [3.8, 4) is 0 Å². The van der Waals surface area contributed by atoms with Crippen molar-refractivity contribution in [2.24, 2.45) is 0 Å². The van der Waals surface area contributed by atoms with Crippen molar-refractivity contribution in [3.05, 3.63) is 63.6 Å².